The molecule has 3 rings (SSSR count). The third kappa shape index (κ3) is 4.12. The Morgan fingerprint density at radius 2 is 2.12 bits per heavy atom. The Hall–Kier alpha value is -1.67. The van der Waals surface area contributed by atoms with Crippen molar-refractivity contribution < 1.29 is 9.59 Å². The first-order chi connectivity index (χ1) is 12.0. The van der Waals surface area contributed by atoms with Crippen LogP contribution in [0.15, 0.2) is 5.03 Å². The Morgan fingerprint density at radius 1 is 1.32 bits per heavy atom. The predicted octanol–water partition coefficient (Wildman–Crippen LogP) is 3.20. The van der Waals surface area contributed by atoms with E-state index < -0.39 is 6.03 Å². The van der Waals surface area contributed by atoms with Gasteiger partial charge in [0.15, 0.2) is 0 Å². The van der Waals surface area contributed by atoms with Gasteiger partial charge < -0.3 is 5.32 Å². The molecule has 0 saturated carbocycles. The summed E-state index contributed by atoms with van der Waals surface area (Å²) in [4.78, 5) is 35.3. The number of rotatable bonds is 5. The Bertz CT molecular complexity index is 819. The number of hydrogen-bond acceptors (Lipinski definition) is 6. The molecule has 0 saturated heterocycles. The minimum Gasteiger partial charge on any atom is -0.335 e. The molecule has 2 aromatic heterocycles. The lowest BCUT2D eigenvalue weighted by molar-refractivity contribution is -0.117. The molecule has 0 fully saturated rings. The molecule has 8 heteroatoms. The summed E-state index contributed by atoms with van der Waals surface area (Å²) in [6, 6.07) is -0.404. The molecule has 3 amide bonds. The van der Waals surface area contributed by atoms with Gasteiger partial charge in [-0.25, -0.2) is 14.8 Å². The smallest absolute Gasteiger partial charge is 0.321 e. The fourth-order valence-electron chi connectivity index (χ4n) is 2.83. The van der Waals surface area contributed by atoms with Crippen LogP contribution in [0.1, 0.15) is 43.0 Å². The monoisotopic (exact) mass is 378 g/mol. The van der Waals surface area contributed by atoms with Gasteiger partial charge in [0, 0.05) is 16.3 Å². The molecule has 134 valence electrons. The summed E-state index contributed by atoms with van der Waals surface area (Å²) < 4.78 is 0. The Balaban J connectivity index is 1.69. The van der Waals surface area contributed by atoms with E-state index >= 15 is 0 Å². The summed E-state index contributed by atoms with van der Waals surface area (Å²) in [6.45, 7) is 5.74. The lowest BCUT2D eigenvalue weighted by Crippen LogP contribution is -2.43. The molecule has 0 unspecified atom stereocenters. The molecule has 1 aliphatic carbocycles. The number of nitrogens with one attached hydrogen (secondary N) is 2. The molecule has 0 aliphatic heterocycles. The van der Waals surface area contributed by atoms with Gasteiger partial charge in [0.2, 0.25) is 5.91 Å². The van der Waals surface area contributed by atoms with Gasteiger partial charge in [-0.3, -0.25) is 10.1 Å². The van der Waals surface area contributed by atoms with Crippen molar-refractivity contribution in [1.82, 2.24) is 20.6 Å². The topological polar surface area (TPSA) is 84.0 Å². The molecular weight excluding hydrogens is 356 g/mol. The van der Waals surface area contributed by atoms with Crippen molar-refractivity contribution in [3.8, 4) is 0 Å². The van der Waals surface area contributed by atoms with Gasteiger partial charge in [-0.1, -0.05) is 18.7 Å². The summed E-state index contributed by atoms with van der Waals surface area (Å²) in [5, 5.41) is 7.05. The van der Waals surface area contributed by atoms with Crippen molar-refractivity contribution in [2.75, 3.05) is 5.75 Å². The Kier molecular flexibility index (Phi) is 5.58. The van der Waals surface area contributed by atoms with Crippen LogP contribution < -0.4 is 10.6 Å². The normalized spacial score (nSPS) is 14.4. The maximum absolute atomic E-state index is 12.1. The number of thioether (sulfide) groups is 1. The van der Waals surface area contributed by atoms with Gasteiger partial charge in [-0.2, -0.15) is 0 Å². The molecule has 0 aromatic carbocycles. The quantitative estimate of drug-likeness (QED) is 0.616. The number of nitrogens with zero attached hydrogens (tertiary/aromatic N) is 2. The van der Waals surface area contributed by atoms with E-state index in [0.717, 1.165) is 34.5 Å². The van der Waals surface area contributed by atoms with Crippen LogP contribution in [0.5, 0.6) is 0 Å². The Morgan fingerprint density at radius 3 is 2.88 bits per heavy atom. The standard InChI is InChI=1S/C17H22N4O2S2/c1-4-9(2)18-17(23)21-13(22)8-24-15-14-11-6-5-7-12(11)25-16(14)20-10(3)19-15/h9H,4-8H2,1-3H3,(H2,18,21,22,23)/t9-/m0/s1. The maximum atomic E-state index is 12.1. The minimum absolute atomic E-state index is 0.0398. The molecule has 2 aromatic rings. The van der Waals surface area contributed by atoms with Crippen LogP contribution in [-0.2, 0) is 17.6 Å². The van der Waals surface area contributed by atoms with Gasteiger partial charge in [-0.05, 0) is 45.1 Å². The van der Waals surface area contributed by atoms with E-state index in [-0.39, 0.29) is 17.7 Å². The minimum atomic E-state index is -0.444. The fraction of sp³-hybridized carbons (Fsp3) is 0.529. The molecule has 6 nitrogen and oxygen atoms in total. The molecule has 2 heterocycles. The lowest BCUT2D eigenvalue weighted by Gasteiger charge is -2.11. The van der Waals surface area contributed by atoms with E-state index in [2.05, 4.69) is 20.6 Å². The zero-order valence-corrected chi connectivity index (χ0v) is 16.3. The van der Waals surface area contributed by atoms with Crippen LogP contribution in [0.3, 0.4) is 0 Å². The van der Waals surface area contributed by atoms with Gasteiger partial charge in [0.1, 0.15) is 15.7 Å². The highest BCUT2D eigenvalue weighted by Gasteiger charge is 2.22. The van der Waals surface area contributed by atoms with Crippen molar-refractivity contribution in [3.05, 3.63) is 16.3 Å². The van der Waals surface area contributed by atoms with Crippen molar-refractivity contribution >= 4 is 45.3 Å². The number of urea groups is 1. The molecule has 25 heavy (non-hydrogen) atoms. The van der Waals surface area contributed by atoms with E-state index in [1.165, 1.54) is 28.6 Å². The van der Waals surface area contributed by atoms with Gasteiger partial charge in [-0.15, -0.1) is 11.3 Å². The maximum Gasteiger partial charge on any atom is 0.321 e. The van der Waals surface area contributed by atoms with Crippen LogP contribution in [0.2, 0.25) is 0 Å². The van der Waals surface area contributed by atoms with Crippen LogP contribution in [0, 0.1) is 6.92 Å². The second kappa shape index (κ2) is 7.70. The van der Waals surface area contributed by atoms with Gasteiger partial charge in [0.25, 0.3) is 0 Å². The van der Waals surface area contributed by atoms with Crippen molar-refractivity contribution in [1.29, 1.82) is 0 Å². The number of hydrogen-bond donors (Lipinski definition) is 2. The highest BCUT2D eigenvalue weighted by Crippen LogP contribution is 2.40. The van der Waals surface area contributed by atoms with Crippen molar-refractivity contribution in [2.24, 2.45) is 0 Å². The SMILES string of the molecule is CC[C@H](C)NC(=O)NC(=O)CSc1nc(C)nc2sc3c(c12)CCC3. The number of carbonyl (C=O) groups is 2. The fourth-order valence-corrected chi connectivity index (χ4v) is 5.10. The van der Waals surface area contributed by atoms with Gasteiger partial charge >= 0.3 is 6.03 Å². The van der Waals surface area contributed by atoms with E-state index in [9.17, 15) is 9.59 Å². The Labute approximate surface area is 155 Å². The van der Waals surface area contributed by atoms with Crippen LogP contribution in [0.25, 0.3) is 10.2 Å². The molecule has 1 aliphatic rings. The molecule has 0 bridgehead atoms. The zero-order valence-electron chi connectivity index (χ0n) is 14.6. The molecular formula is C17H22N4O2S2. The number of thiophene rings is 1. The summed E-state index contributed by atoms with van der Waals surface area (Å²) in [6.07, 6.45) is 4.15. The molecule has 0 spiro atoms. The number of aromatic nitrogens is 2. The zero-order chi connectivity index (χ0) is 18.0. The van der Waals surface area contributed by atoms with Gasteiger partial charge in [0.05, 0.1) is 5.75 Å². The average molecular weight is 379 g/mol. The number of amides is 3. The van der Waals surface area contributed by atoms with Crippen LogP contribution in [0.4, 0.5) is 4.79 Å². The summed E-state index contributed by atoms with van der Waals surface area (Å²) in [5.41, 5.74) is 1.34. The van der Waals surface area contributed by atoms with Crippen molar-refractivity contribution in [3.63, 3.8) is 0 Å². The summed E-state index contributed by atoms with van der Waals surface area (Å²) in [7, 11) is 0. The largest absolute Gasteiger partial charge is 0.335 e. The van der Waals surface area contributed by atoms with E-state index in [0.29, 0.717) is 5.82 Å². The molecule has 0 radical (unpaired) electrons. The average Bonchev–Trinajstić information content (AvgIpc) is 3.12. The highest BCUT2D eigenvalue weighted by atomic mass is 32.2. The predicted molar refractivity (Wildman–Crippen MR) is 101 cm³/mol. The van der Waals surface area contributed by atoms with E-state index in [4.69, 9.17) is 0 Å². The number of imide groups is 1. The number of fused-ring (bicyclic) bond motifs is 3. The van der Waals surface area contributed by atoms with E-state index in [1.54, 1.807) is 11.3 Å². The second-order valence-electron chi connectivity index (χ2n) is 6.23. The van der Waals surface area contributed by atoms with Crippen molar-refractivity contribution in [2.45, 2.75) is 57.5 Å². The van der Waals surface area contributed by atoms with Crippen LogP contribution >= 0.6 is 23.1 Å². The third-order valence-corrected chi connectivity index (χ3v) is 6.39. The van der Waals surface area contributed by atoms with Crippen LogP contribution in [-0.4, -0.2) is 33.7 Å². The first kappa shape index (κ1) is 18.1. The van der Waals surface area contributed by atoms with E-state index in [1.807, 2.05) is 20.8 Å². The third-order valence-electron chi connectivity index (χ3n) is 4.23. The lowest BCUT2D eigenvalue weighted by atomic mass is 10.2. The highest BCUT2D eigenvalue weighted by molar-refractivity contribution is 8.00. The molecule has 2 N–H and O–H groups in total. The number of carbonyl (C=O) groups excluding carboxylic acids is 2. The summed E-state index contributed by atoms with van der Waals surface area (Å²) in [5.74, 6) is 0.552. The second-order valence-corrected chi connectivity index (χ2v) is 8.28. The summed E-state index contributed by atoms with van der Waals surface area (Å²) >= 11 is 3.11. The first-order valence-electron chi connectivity index (χ1n) is 8.50. The number of aryl methyl sites for hydroxylation is 3. The first-order valence-corrected chi connectivity index (χ1v) is 10.3. The molecule has 1 atom stereocenters.